The third-order valence-electron chi connectivity index (χ3n) is 3.39. The maximum atomic E-state index is 8.71. The summed E-state index contributed by atoms with van der Waals surface area (Å²) < 4.78 is 0. The van der Waals surface area contributed by atoms with Gasteiger partial charge in [-0.1, -0.05) is 13.8 Å². The molecule has 1 saturated heterocycles. The zero-order chi connectivity index (χ0) is 11.3. The normalized spacial score (nSPS) is 29.7. The molecule has 1 aliphatic heterocycles. The lowest BCUT2D eigenvalue weighted by Gasteiger charge is -2.37. The standard InChI is InChI=1S/C12H23N3/c1-4-11(5-7-13)14-12-6-8-15(3)9-10(12)2/h10-12,14H,4-6,8-9H2,1-3H3. The average molecular weight is 209 g/mol. The molecule has 3 atom stereocenters. The number of nitrogens with one attached hydrogen (secondary N) is 1. The molecule has 1 rings (SSSR count). The molecule has 3 unspecified atom stereocenters. The number of rotatable bonds is 4. The van der Waals surface area contributed by atoms with Gasteiger partial charge in [0.25, 0.3) is 0 Å². The second-order valence-corrected chi connectivity index (χ2v) is 4.77. The van der Waals surface area contributed by atoms with E-state index in [1.807, 2.05) is 0 Å². The molecule has 0 saturated carbocycles. The zero-order valence-corrected chi connectivity index (χ0v) is 10.2. The van der Waals surface area contributed by atoms with Gasteiger partial charge in [0.15, 0.2) is 0 Å². The summed E-state index contributed by atoms with van der Waals surface area (Å²) in [5.74, 6) is 0.691. The minimum Gasteiger partial charge on any atom is -0.310 e. The monoisotopic (exact) mass is 209 g/mol. The topological polar surface area (TPSA) is 39.1 Å². The third-order valence-corrected chi connectivity index (χ3v) is 3.39. The van der Waals surface area contributed by atoms with Crippen LogP contribution < -0.4 is 5.32 Å². The highest BCUT2D eigenvalue weighted by molar-refractivity contribution is 4.87. The third kappa shape index (κ3) is 3.81. The predicted octanol–water partition coefficient (Wildman–Crippen LogP) is 1.61. The van der Waals surface area contributed by atoms with E-state index < -0.39 is 0 Å². The van der Waals surface area contributed by atoms with Gasteiger partial charge < -0.3 is 10.2 Å². The van der Waals surface area contributed by atoms with Gasteiger partial charge in [-0.3, -0.25) is 0 Å². The predicted molar refractivity (Wildman–Crippen MR) is 62.5 cm³/mol. The van der Waals surface area contributed by atoms with E-state index in [4.69, 9.17) is 5.26 Å². The number of piperidine rings is 1. The summed E-state index contributed by atoms with van der Waals surface area (Å²) in [7, 11) is 2.18. The van der Waals surface area contributed by atoms with Crippen LogP contribution in [0.5, 0.6) is 0 Å². The molecule has 0 aromatic rings. The molecule has 0 spiro atoms. The molecule has 0 aromatic heterocycles. The van der Waals surface area contributed by atoms with E-state index in [1.54, 1.807) is 0 Å². The van der Waals surface area contributed by atoms with Gasteiger partial charge in [-0.15, -0.1) is 0 Å². The van der Waals surface area contributed by atoms with Crippen molar-refractivity contribution in [2.24, 2.45) is 5.92 Å². The van der Waals surface area contributed by atoms with Crippen LogP contribution in [0.1, 0.15) is 33.1 Å². The number of hydrogen-bond donors (Lipinski definition) is 1. The maximum absolute atomic E-state index is 8.71. The summed E-state index contributed by atoms with van der Waals surface area (Å²) in [6, 6.07) is 3.24. The molecule has 0 aromatic carbocycles. The number of hydrogen-bond acceptors (Lipinski definition) is 3. The molecule has 0 radical (unpaired) electrons. The molecule has 1 aliphatic rings. The minimum absolute atomic E-state index is 0.380. The summed E-state index contributed by atoms with van der Waals surface area (Å²) in [5.41, 5.74) is 0. The van der Waals surface area contributed by atoms with Gasteiger partial charge in [0, 0.05) is 18.6 Å². The Kier molecular flexibility index (Phi) is 5.07. The Morgan fingerprint density at radius 1 is 1.60 bits per heavy atom. The molecule has 3 nitrogen and oxygen atoms in total. The first kappa shape index (κ1) is 12.5. The molecular weight excluding hydrogens is 186 g/mol. The first-order valence-electron chi connectivity index (χ1n) is 5.98. The Morgan fingerprint density at radius 2 is 2.33 bits per heavy atom. The Labute approximate surface area is 93.5 Å². The quantitative estimate of drug-likeness (QED) is 0.764. The highest BCUT2D eigenvalue weighted by Crippen LogP contribution is 2.16. The molecule has 86 valence electrons. The summed E-state index contributed by atoms with van der Waals surface area (Å²) >= 11 is 0. The number of nitriles is 1. The van der Waals surface area contributed by atoms with Crippen LogP contribution in [0.15, 0.2) is 0 Å². The molecule has 1 N–H and O–H groups in total. The molecule has 0 amide bonds. The molecule has 15 heavy (non-hydrogen) atoms. The lowest BCUT2D eigenvalue weighted by molar-refractivity contribution is 0.165. The maximum Gasteiger partial charge on any atom is 0.0638 e. The van der Waals surface area contributed by atoms with E-state index in [2.05, 4.69) is 37.2 Å². The fourth-order valence-corrected chi connectivity index (χ4v) is 2.34. The van der Waals surface area contributed by atoms with Crippen LogP contribution in [0, 0.1) is 17.2 Å². The average Bonchev–Trinajstić information content (AvgIpc) is 2.21. The fraction of sp³-hybridized carbons (Fsp3) is 0.917. The number of nitrogens with zero attached hydrogens (tertiary/aromatic N) is 2. The second kappa shape index (κ2) is 6.09. The van der Waals surface area contributed by atoms with Crippen molar-refractivity contribution in [2.75, 3.05) is 20.1 Å². The first-order chi connectivity index (χ1) is 7.17. The van der Waals surface area contributed by atoms with Gasteiger partial charge in [0.2, 0.25) is 0 Å². The van der Waals surface area contributed by atoms with Crippen LogP contribution in [0.25, 0.3) is 0 Å². The summed E-state index contributed by atoms with van der Waals surface area (Å²) in [6.07, 6.45) is 2.89. The van der Waals surface area contributed by atoms with E-state index >= 15 is 0 Å². The van der Waals surface area contributed by atoms with Gasteiger partial charge in [-0.2, -0.15) is 5.26 Å². The summed E-state index contributed by atoms with van der Waals surface area (Å²) in [6.45, 7) is 6.78. The van der Waals surface area contributed by atoms with Crippen molar-refractivity contribution in [2.45, 2.75) is 45.2 Å². The Bertz CT molecular complexity index is 221. The van der Waals surface area contributed by atoms with Gasteiger partial charge in [-0.05, 0) is 32.4 Å². The number of likely N-dealkylation sites (tertiary alicyclic amines) is 1. The minimum atomic E-state index is 0.380. The Morgan fingerprint density at radius 3 is 2.87 bits per heavy atom. The van der Waals surface area contributed by atoms with Crippen LogP contribution >= 0.6 is 0 Å². The van der Waals surface area contributed by atoms with Crippen LogP contribution in [-0.4, -0.2) is 37.1 Å². The van der Waals surface area contributed by atoms with Gasteiger partial charge in [0.05, 0.1) is 12.5 Å². The van der Waals surface area contributed by atoms with Crippen LogP contribution in [-0.2, 0) is 0 Å². The fourth-order valence-electron chi connectivity index (χ4n) is 2.34. The Balaban J connectivity index is 2.40. The zero-order valence-electron chi connectivity index (χ0n) is 10.2. The smallest absolute Gasteiger partial charge is 0.0638 e. The van der Waals surface area contributed by atoms with E-state index in [-0.39, 0.29) is 0 Å². The Hall–Kier alpha value is -0.590. The van der Waals surface area contributed by atoms with Crippen LogP contribution in [0.3, 0.4) is 0 Å². The molecule has 1 fully saturated rings. The van der Waals surface area contributed by atoms with E-state index in [1.165, 1.54) is 19.5 Å². The molecule has 0 aliphatic carbocycles. The second-order valence-electron chi connectivity index (χ2n) is 4.77. The van der Waals surface area contributed by atoms with Crippen molar-refractivity contribution in [3.05, 3.63) is 0 Å². The van der Waals surface area contributed by atoms with E-state index in [0.717, 1.165) is 6.42 Å². The van der Waals surface area contributed by atoms with E-state index in [9.17, 15) is 0 Å². The van der Waals surface area contributed by atoms with Crippen molar-refractivity contribution in [1.82, 2.24) is 10.2 Å². The van der Waals surface area contributed by atoms with Crippen molar-refractivity contribution in [3.63, 3.8) is 0 Å². The van der Waals surface area contributed by atoms with Crippen LogP contribution in [0.4, 0.5) is 0 Å². The van der Waals surface area contributed by atoms with Crippen molar-refractivity contribution >= 4 is 0 Å². The first-order valence-corrected chi connectivity index (χ1v) is 5.98. The largest absolute Gasteiger partial charge is 0.310 e. The molecular formula is C12H23N3. The molecule has 1 heterocycles. The van der Waals surface area contributed by atoms with Crippen molar-refractivity contribution < 1.29 is 0 Å². The van der Waals surface area contributed by atoms with Gasteiger partial charge in [0.1, 0.15) is 0 Å². The van der Waals surface area contributed by atoms with Gasteiger partial charge in [-0.25, -0.2) is 0 Å². The van der Waals surface area contributed by atoms with Gasteiger partial charge >= 0.3 is 0 Å². The highest BCUT2D eigenvalue weighted by Gasteiger charge is 2.25. The van der Waals surface area contributed by atoms with Crippen molar-refractivity contribution in [1.29, 1.82) is 5.26 Å². The lowest BCUT2D eigenvalue weighted by Crippen LogP contribution is -2.50. The van der Waals surface area contributed by atoms with Crippen molar-refractivity contribution in [3.8, 4) is 6.07 Å². The lowest BCUT2D eigenvalue weighted by atomic mass is 9.93. The summed E-state index contributed by atoms with van der Waals surface area (Å²) in [5, 5.41) is 12.3. The SMILES string of the molecule is CCC(CC#N)NC1CCN(C)CC1C. The highest BCUT2D eigenvalue weighted by atomic mass is 15.1. The van der Waals surface area contributed by atoms with E-state index in [0.29, 0.717) is 24.4 Å². The van der Waals surface area contributed by atoms with Crippen LogP contribution in [0.2, 0.25) is 0 Å². The molecule has 0 bridgehead atoms. The molecule has 3 heteroatoms. The summed E-state index contributed by atoms with van der Waals surface area (Å²) in [4.78, 5) is 2.38.